The lowest BCUT2D eigenvalue weighted by atomic mass is 10.3. The van der Waals surface area contributed by atoms with Crippen molar-refractivity contribution >= 4 is 16.5 Å². The molecule has 0 saturated heterocycles. The maximum Gasteiger partial charge on any atom is 0.139 e. The van der Waals surface area contributed by atoms with Gasteiger partial charge < -0.3 is 5.73 Å². The topological polar surface area (TPSA) is 73.8 Å². The number of nitrogens with two attached hydrogens (primary N) is 1. The van der Waals surface area contributed by atoms with Crippen LogP contribution in [0.2, 0.25) is 0 Å². The summed E-state index contributed by atoms with van der Waals surface area (Å²) in [6, 6.07) is 3.86. The zero-order chi connectivity index (χ0) is 13.8. The number of nitrogens with zero attached hydrogens (tertiary/aromatic N) is 3. The molecule has 0 bridgehead atoms. The fourth-order valence-corrected chi connectivity index (χ4v) is 2.89. The number of rotatable bonds is 5. The summed E-state index contributed by atoms with van der Waals surface area (Å²) in [5.41, 5.74) is 6.03. The fraction of sp³-hybridized carbons (Fsp3) is 0.333. The predicted octanol–water partition coefficient (Wildman–Crippen LogP) is 1.72. The van der Waals surface area contributed by atoms with Crippen molar-refractivity contribution < 1.29 is 8.60 Å². The molecule has 2 aromatic rings. The molecule has 0 saturated carbocycles. The van der Waals surface area contributed by atoms with Crippen molar-refractivity contribution in [1.82, 2.24) is 14.8 Å². The molecule has 0 aliphatic carbocycles. The molecule has 0 aliphatic rings. The van der Waals surface area contributed by atoms with E-state index in [9.17, 15) is 8.60 Å². The second kappa shape index (κ2) is 5.92. The standard InChI is InChI=1S/C12H15FN4OS/c1-2-5-17-12(15-8-16-17)7-19(18)11-6-9(13)3-4-10(11)14/h3-4,6,8H,2,5,7,14H2,1H3. The molecule has 1 unspecified atom stereocenters. The quantitative estimate of drug-likeness (QED) is 0.847. The van der Waals surface area contributed by atoms with E-state index in [-0.39, 0.29) is 5.75 Å². The van der Waals surface area contributed by atoms with Gasteiger partial charge in [0.15, 0.2) is 0 Å². The summed E-state index contributed by atoms with van der Waals surface area (Å²) in [6.45, 7) is 2.73. The van der Waals surface area contributed by atoms with Crippen molar-refractivity contribution in [3.05, 3.63) is 36.2 Å². The van der Waals surface area contributed by atoms with E-state index >= 15 is 0 Å². The summed E-state index contributed by atoms with van der Waals surface area (Å²) < 4.78 is 27.1. The van der Waals surface area contributed by atoms with Gasteiger partial charge >= 0.3 is 0 Å². The minimum absolute atomic E-state index is 0.174. The molecule has 0 fully saturated rings. The van der Waals surface area contributed by atoms with Crippen LogP contribution in [0.1, 0.15) is 19.2 Å². The maximum atomic E-state index is 13.2. The third kappa shape index (κ3) is 3.17. The average Bonchev–Trinajstić information content (AvgIpc) is 2.80. The SMILES string of the molecule is CCCn1ncnc1CS(=O)c1cc(F)ccc1N. The molecule has 1 atom stereocenters. The molecule has 19 heavy (non-hydrogen) atoms. The summed E-state index contributed by atoms with van der Waals surface area (Å²) in [5, 5.41) is 4.06. The van der Waals surface area contributed by atoms with Crippen molar-refractivity contribution in [2.24, 2.45) is 0 Å². The monoisotopic (exact) mass is 282 g/mol. The van der Waals surface area contributed by atoms with Crippen LogP contribution in [0.4, 0.5) is 10.1 Å². The van der Waals surface area contributed by atoms with Gasteiger partial charge in [0.05, 0.1) is 21.4 Å². The minimum atomic E-state index is -1.44. The largest absolute Gasteiger partial charge is 0.398 e. The Kier molecular flexibility index (Phi) is 4.26. The first-order valence-corrected chi connectivity index (χ1v) is 7.23. The van der Waals surface area contributed by atoms with Gasteiger partial charge in [0, 0.05) is 12.2 Å². The van der Waals surface area contributed by atoms with Crippen LogP contribution in [-0.4, -0.2) is 19.0 Å². The lowest BCUT2D eigenvalue weighted by Crippen LogP contribution is -2.09. The smallest absolute Gasteiger partial charge is 0.139 e. The molecule has 1 aromatic carbocycles. The summed E-state index contributed by atoms with van der Waals surface area (Å²) in [7, 11) is -1.44. The van der Waals surface area contributed by atoms with Crippen molar-refractivity contribution in [3.8, 4) is 0 Å². The highest BCUT2D eigenvalue weighted by molar-refractivity contribution is 7.84. The maximum absolute atomic E-state index is 13.2. The van der Waals surface area contributed by atoms with Gasteiger partial charge in [-0.15, -0.1) is 0 Å². The Morgan fingerprint density at radius 3 is 3.00 bits per heavy atom. The van der Waals surface area contributed by atoms with Gasteiger partial charge in [0.25, 0.3) is 0 Å². The van der Waals surface area contributed by atoms with Gasteiger partial charge in [-0.25, -0.2) is 14.1 Å². The summed E-state index contributed by atoms with van der Waals surface area (Å²) in [4.78, 5) is 4.37. The summed E-state index contributed by atoms with van der Waals surface area (Å²) in [6.07, 6.45) is 2.34. The van der Waals surface area contributed by atoms with Gasteiger partial charge in [0.1, 0.15) is 18.0 Å². The van der Waals surface area contributed by atoms with E-state index in [1.165, 1.54) is 24.5 Å². The van der Waals surface area contributed by atoms with Gasteiger partial charge in [0.2, 0.25) is 0 Å². The lowest BCUT2D eigenvalue weighted by Gasteiger charge is -2.07. The third-order valence-corrected chi connectivity index (χ3v) is 3.98. The van der Waals surface area contributed by atoms with Crippen LogP contribution in [0.5, 0.6) is 0 Å². The zero-order valence-corrected chi connectivity index (χ0v) is 11.4. The molecular formula is C12H15FN4OS. The Bertz CT molecular complexity index is 599. The van der Waals surface area contributed by atoms with Crippen molar-refractivity contribution in [3.63, 3.8) is 0 Å². The number of halogens is 1. The predicted molar refractivity (Wildman–Crippen MR) is 71.2 cm³/mol. The van der Waals surface area contributed by atoms with E-state index in [1.54, 1.807) is 4.68 Å². The Morgan fingerprint density at radius 1 is 1.47 bits per heavy atom. The highest BCUT2D eigenvalue weighted by Crippen LogP contribution is 2.19. The summed E-state index contributed by atoms with van der Waals surface area (Å²) >= 11 is 0. The molecule has 0 spiro atoms. The normalized spacial score (nSPS) is 12.5. The van der Waals surface area contributed by atoms with E-state index in [4.69, 9.17) is 5.73 Å². The fourth-order valence-electron chi connectivity index (χ4n) is 1.70. The highest BCUT2D eigenvalue weighted by Gasteiger charge is 2.13. The Labute approximate surface area is 113 Å². The Hall–Kier alpha value is -1.76. The number of aromatic nitrogens is 3. The van der Waals surface area contributed by atoms with Crippen molar-refractivity contribution in [2.45, 2.75) is 30.5 Å². The van der Waals surface area contributed by atoms with Gasteiger partial charge in [-0.2, -0.15) is 5.10 Å². The third-order valence-electron chi connectivity index (χ3n) is 2.61. The zero-order valence-electron chi connectivity index (χ0n) is 10.5. The highest BCUT2D eigenvalue weighted by atomic mass is 32.2. The number of hydrogen-bond acceptors (Lipinski definition) is 4. The first-order chi connectivity index (χ1) is 9.11. The van der Waals surface area contributed by atoms with E-state index in [1.807, 2.05) is 6.92 Å². The number of aryl methyl sites for hydroxylation is 1. The molecule has 7 heteroatoms. The number of anilines is 1. The molecule has 2 N–H and O–H groups in total. The molecule has 0 radical (unpaired) electrons. The Morgan fingerprint density at radius 2 is 2.26 bits per heavy atom. The van der Waals surface area contributed by atoms with Crippen LogP contribution >= 0.6 is 0 Å². The van der Waals surface area contributed by atoms with E-state index in [0.29, 0.717) is 23.0 Å². The minimum Gasteiger partial charge on any atom is -0.398 e. The van der Waals surface area contributed by atoms with Crippen LogP contribution < -0.4 is 5.73 Å². The van der Waals surface area contributed by atoms with Crippen molar-refractivity contribution in [2.75, 3.05) is 5.73 Å². The molecule has 1 heterocycles. The second-order valence-corrected chi connectivity index (χ2v) is 5.49. The molecule has 102 valence electrons. The molecule has 1 aromatic heterocycles. The molecule has 2 rings (SSSR count). The van der Waals surface area contributed by atoms with Crippen LogP contribution in [-0.2, 0) is 23.1 Å². The van der Waals surface area contributed by atoms with Crippen LogP contribution in [0.15, 0.2) is 29.4 Å². The number of benzene rings is 1. The van der Waals surface area contributed by atoms with Crippen molar-refractivity contribution in [1.29, 1.82) is 0 Å². The lowest BCUT2D eigenvalue weighted by molar-refractivity contribution is 0.579. The van der Waals surface area contributed by atoms with E-state index in [2.05, 4.69) is 10.1 Å². The van der Waals surface area contributed by atoms with Gasteiger partial charge in [-0.05, 0) is 24.6 Å². The first-order valence-electron chi connectivity index (χ1n) is 5.92. The Balaban J connectivity index is 2.21. The van der Waals surface area contributed by atoms with Crippen LogP contribution in [0, 0.1) is 5.82 Å². The van der Waals surface area contributed by atoms with Crippen LogP contribution in [0.25, 0.3) is 0 Å². The van der Waals surface area contributed by atoms with Crippen LogP contribution in [0.3, 0.4) is 0 Å². The van der Waals surface area contributed by atoms with E-state index < -0.39 is 16.6 Å². The molecule has 0 amide bonds. The molecule has 0 aliphatic heterocycles. The van der Waals surface area contributed by atoms with Gasteiger partial charge in [-0.3, -0.25) is 4.21 Å². The first kappa shape index (κ1) is 13.7. The molecule has 5 nitrogen and oxygen atoms in total. The van der Waals surface area contributed by atoms with Gasteiger partial charge in [-0.1, -0.05) is 6.92 Å². The summed E-state index contributed by atoms with van der Waals surface area (Å²) in [5.74, 6) is 0.338. The average molecular weight is 282 g/mol. The second-order valence-electron chi connectivity index (χ2n) is 4.07. The molecular weight excluding hydrogens is 267 g/mol. The number of hydrogen-bond donors (Lipinski definition) is 1. The van der Waals surface area contributed by atoms with E-state index in [0.717, 1.165) is 6.42 Å². The number of nitrogen functional groups attached to an aromatic ring is 1.